The van der Waals surface area contributed by atoms with Gasteiger partial charge in [-0.25, -0.2) is 0 Å². The van der Waals surface area contributed by atoms with Crippen molar-refractivity contribution in [2.24, 2.45) is 16.8 Å². The van der Waals surface area contributed by atoms with Crippen LogP contribution in [0.15, 0.2) is 23.4 Å². The number of methoxy groups -OCH3 is 1. The van der Waals surface area contributed by atoms with Gasteiger partial charge in [0.2, 0.25) is 0 Å². The van der Waals surface area contributed by atoms with Gasteiger partial charge in [0.1, 0.15) is 0 Å². The Morgan fingerprint density at radius 3 is 2.75 bits per heavy atom. The summed E-state index contributed by atoms with van der Waals surface area (Å²) in [6, 6.07) is 5.49. The van der Waals surface area contributed by atoms with E-state index < -0.39 is 0 Å². The second-order valence-corrected chi connectivity index (χ2v) is 5.36. The molecule has 3 N–H and O–H groups in total. The van der Waals surface area contributed by atoms with Gasteiger partial charge in [0, 0.05) is 25.9 Å². The lowest BCUT2D eigenvalue weighted by atomic mass is 10.1. The fourth-order valence-electron chi connectivity index (χ4n) is 2.03. The number of hydrogen-bond donors (Lipinski definition) is 2. The Kier molecular flexibility index (Phi) is 6.61. The zero-order valence-electron chi connectivity index (χ0n) is 12.1. The number of hydrogen-bond acceptors (Lipinski definition) is 4. The summed E-state index contributed by atoms with van der Waals surface area (Å²) in [4.78, 5) is 2.13. The summed E-state index contributed by atoms with van der Waals surface area (Å²) < 4.78 is 5.15. The van der Waals surface area contributed by atoms with Crippen LogP contribution in [0.5, 0.6) is 0 Å². The molecule has 0 saturated carbocycles. The number of ether oxygens (including phenoxy) is 1. The molecule has 0 unspecified atom stereocenters. The Hall–Kier alpha value is -1.46. The van der Waals surface area contributed by atoms with Crippen LogP contribution in [0.4, 0.5) is 5.69 Å². The van der Waals surface area contributed by atoms with E-state index in [2.05, 4.69) is 23.9 Å². The number of anilines is 1. The molecule has 0 bridgehead atoms. The number of rotatable bonds is 7. The van der Waals surface area contributed by atoms with E-state index in [-0.39, 0.29) is 5.84 Å². The zero-order chi connectivity index (χ0) is 15.1. The Balaban J connectivity index is 3.21. The van der Waals surface area contributed by atoms with Crippen molar-refractivity contribution in [3.05, 3.63) is 28.8 Å². The summed E-state index contributed by atoms with van der Waals surface area (Å²) in [5.74, 6) is 0.475. The van der Waals surface area contributed by atoms with Gasteiger partial charge in [0.05, 0.1) is 17.2 Å². The molecule has 0 amide bonds. The highest BCUT2D eigenvalue weighted by Gasteiger charge is 2.17. The first-order chi connectivity index (χ1) is 9.51. The van der Waals surface area contributed by atoms with Crippen molar-refractivity contribution >= 4 is 23.1 Å². The first-order valence-corrected chi connectivity index (χ1v) is 6.89. The molecule has 0 heterocycles. The van der Waals surface area contributed by atoms with Crippen molar-refractivity contribution in [3.63, 3.8) is 0 Å². The van der Waals surface area contributed by atoms with Crippen LogP contribution < -0.4 is 10.6 Å². The van der Waals surface area contributed by atoms with Gasteiger partial charge < -0.3 is 20.6 Å². The molecule has 0 saturated heterocycles. The van der Waals surface area contributed by atoms with Crippen molar-refractivity contribution in [3.8, 4) is 0 Å². The maximum Gasteiger partial charge on any atom is 0.173 e. The second kappa shape index (κ2) is 7.97. The largest absolute Gasteiger partial charge is 0.409 e. The second-order valence-electron chi connectivity index (χ2n) is 4.95. The third-order valence-electron chi connectivity index (χ3n) is 2.85. The first kappa shape index (κ1) is 16.6. The molecule has 0 atom stereocenters. The molecule has 0 spiro atoms. The fourth-order valence-corrected chi connectivity index (χ4v) is 2.30. The quantitative estimate of drug-likeness (QED) is 0.351. The maximum absolute atomic E-state index is 8.94. The predicted octanol–water partition coefficient (Wildman–Crippen LogP) is 2.54. The highest BCUT2D eigenvalue weighted by atomic mass is 35.5. The van der Waals surface area contributed by atoms with Crippen LogP contribution in [-0.2, 0) is 4.74 Å². The number of nitrogens with two attached hydrogens (primary N) is 1. The van der Waals surface area contributed by atoms with Crippen molar-refractivity contribution in [1.82, 2.24) is 0 Å². The summed E-state index contributed by atoms with van der Waals surface area (Å²) in [5.41, 5.74) is 7.15. The van der Waals surface area contributed by atoms with Crippen molar-refractivity contribution in [2.45, 2.75) is 13.8 Å². The van der Waals surface area contributed by atoms with E-state index in [4.69, 9.17) is 27.3 Å². The van der Waals surface area contributed by atoms with Gasteiger partial charge in [-0.1, -0.05) is 36.7 Å². The fraction of sp³-hybridized carbons (Fsp3) is 0.500. The molecular weight excluding hydrogens is 278 g/mol. The van der Waals surface area contributed by atoms with Crippen LogP contribution in [0, 0.1) is 5.92 Å². The molecule has 5 nitrogen and oxygen atoms in total. The Morgan fingerprint density at radius 2 is 2.20 bits per heavy atom. The van der Waals surface area contributed by atoms with Crippen LogP contribution in [0.3, 0.4) is 0 Å². The lowest BCUT2D eigenvalue weighted by Crippen LogP contribution is -2.33. The minimum absolute atomic E-state index is 0.0109. The van der Waals surface area contributed by atoms with Crippen LogP contribution in [0.1, 0.15) is 19.4 Å². The molecule has 6 heteroatoms. The number of halogens is 1. The van der Waals surface area contributed by atoms with E-state index in [0.29, 0.717) is 29.7 Å². The molecule has 0 radical (unpaired) electrons. The topological polar surface area (TPSA) is 71.1 Å². The van der Waals surface area contributed by atoms with Gasteiger partial charge >= 0.3 is 0 Å². The van der Waals surface area contributed by atoms with Crippen LogP contribution >= 0.6 is 11.6 Å². The Bertz CT molecular complexity index is 464. The zero-order valence-corrected chi connectivity index (χ0v) is 12.9. The minimum Gasteiger partial charge on any atom is -0.409 e. The number of benzene rings is 1. The average molecular weight is 300 g/mol. The van der Waals surface area contributed by atoms with E-state index in [0.717, 1.165) is 12.2 Å². The van der Waals surface area contributed by atoms with E-state index >= 15 is 0 Å². The van der Waals surface area contributed by atoms with Gasteiger partial charge in [-0.2, -0.15) is 0 Å². The number of amidine groups is 1. The van der Waals surface area contributed by atoms with E-state index in [1.165, 1.54) is 0 Å². The molecule has 0 fully saturated rings. The summed E-state index contributed by atoms with van der Waals surface area (Å²) in [5, 5.41) is 12.5. The highest BCUT2D eigenvalue weighted by molar-refractivity contribution is 6.34. The molecule has 1 rings (SSSR count). The van der Waals surface area contributed by atoms with Gasteiger partial charge in [0.25, 0.3) is 0 Å². The van der Waals surface area contributed by atoms with Gasteiger partial charge in [-0.05, 0) is 18.1 Å². The molecule has 1 aromatic rings. The monoisotopic (exact) mass is 299 g/mol. The average Bonchev–Trinajstić information content (AvgIpc) is 2.42. The predicted molar refractivity (Wildman–Crippen MR) is 82.9 cm³/mol. The van der Waals surface area contributed by atoms with Crippen molar-refractivity contribution in [1.29, 1.82) is 0 Å². The van der Waals surface area contributed by atoms with Crippen LogP contribution in [0.2, 0.25) is 5.02 Å². The minimum atomic E-state index is 0.0109. The molecule has 0 aliphatic heterocycles. The van der Waals surface area contributed by atoms with Gasteiger partial charge in [-0.3, -0.25) is 0 Å². The lowest BCUT2D eigenvalue weighted by Gasteiger charge is -2.28. The number of nitrogens with zero attached hydrogens (tertiary/aromatic N) is 2. The van der Waals surface area contributed by atoms with Gasteiger partial charge in [0.15, 0.2) is 5.84 Å². The van der Waals surface area contributed by atoms with Gasteiger partial charge in [-0.15, -0.1) is 0 Å². The van der Waals surface area contributed by atoms with Crippen LogP contribution in [-0.4, -0.2) is 37.8 Å². The molecule has 0 aromatic heterocycles. The van der Waals surface area contributed by atoms with Crippen molar-refractivity contribution in [2.75, 3.05) is 31.7 Å². The summed E-state index contributed by atoms with van der Waals surface area (Å²) in [6.45, 7) is 6.39. The SMILES string of the molecule is COCCN(CC(C)C)c1cccc(Cl)c1C(N)=NO. The summed E-state index contributed by atoms with van der Waals surface area (Å²) in [6.07, 6.45) is 0. The Labute approximate surface area is 125 Å². The van der Waals surface area contributed by atoms with E-state index in [1.54, 1.807) is 13.2 Å². The molecule has 0 aliphatic carbocycles. The first-order valence-electron chi connectivity index (χ1n) is 6.51. The van der Waals surface area contributed by atoms with E-state index in [1.807, 2.05) is 12.1 Å². The number of oxime groups is 1. The summed E-state index contributed by atoms with van der Waals surface area (Å²) >= 11 is 6.19. The lowest BCUT2D eigenvalue weighted by molar-refractivity contribution is 0.204. The standard InChI is InChI=1S/C14H22ClN3O2/c1-10(2)9-18(7-8-20-3)12-6-4-5-11(15)13(12)14(16)17-19/h4-6,10,19H,7-9H2,1-3H3,(H2,16,17). The third-order valence-corrected chi connectivity index (χ3v) is 3.16. The van der Waals surface area contributed by atoms with Crippen molar-refractivity contribution < 1.29 is 9.94 Å². The Morgan fingerprint density at radius 1 is 1.50 bits per heavy atom. The molecule has 112 valence electrons. The molecule has 1 aromatic carbocycles. The smallest absolute Gasteiger partial charge is 0.173 e. The normalized spacial score (nSPS) is 11.9. The maximum atomic E-state index is 8.94. The molecule has 20 heavy (non-hydrogen) atoms. The molecule has 0 aliphatic rings. The molecular formula is C14H22ClN3O2. The van der Waals surface area contributed by atoms with E-state index in [9.17, 15) is 0 Å². The van der Waals surface area contributed by atoms with Crippen LogP contribution in [0.25, 0.3) is 0 Å². The third kappa shape index (κ3) is 4.28. The highest BCUT2D eigenvalue weighted by Crippen LogP contribution is 2.28. The summed E-state index contributed by atoms with van der Waals surface area (Å²) in [7, 11) is 1.66.